The smallest absolute Gasteiger partial charge is 0.407 e. The first-order valence-electron chi connectivity index (χ1n) is 11.3. The summed E-state index contributed by atoms with van der Waals surface area (Å²) in [6.45, 7) is 16.0. The van der Waals surface area contributed by atoms with Gasteiger partial charge in [-0.1, -0.05) is 40.3 Å². The van der Waals surface area contributed by atoms with Crippen molar-refractivity contribution in [2.45, 2.75) is 41.0 Å². The molecular formula is C24H39FN2O5. The molecule has 8 heteroatoms. The van der Waals surface area contributed by atoms with E-state index in [0.717, 1.165) is 12.0 Å². The summed E-state index contributed by atoms with van der Waals surface area (Å²) in [6.07, 6.45) is 1.59. The number of nitrogens with one attached hydrogen (secondary N) is 1. The molecule has 1 saturated heterocycles. The van der Waals surface area contributed by atoms with Gasteiger partial charge in [0.15, 0.2) is 0 Å². The molecule has 1 atom stereocenters. The molecule has 1 aromatic carbocycles. The predicted octanol–water partition coefficient (Wildman–Crippen LogP) is 4.34. The highest BCUT2D eigenvalue weighted by Crippen LogP contribution is 2.18. The van der Waals surface area contributed by atoms with E-state index >= 15 is 0 Å². The minimum Gasteiger partial charge on any atom is -0.491 e. The number of carbonyl (C=O) groups excluding carboxylic acids is 2. The second-order valence-corrected chi connectivity index (χ2v) is 6.54. The Morgan fingerprint density at radius 2 is 1.94 bits per heavy atom. The number of rotatable bonds is 10. The third-order valence-electron chi connectivity index (χ3n) is 4.37. The van der Waals surface area contributed by atoms with E-state index in [1.165, 1.54) is 18.2 Å². The van der Waals surface area contributed by atoms with Crippen molar-refractivity contribution in [2.24, 2.45) is 5.92 Å². The molecule has 2 amide bonds. The van der Waals surface area contributed by atoms with Crippen LogP contribution in [0.3, 0.4) is 0 Å². The van der Waals surface area contributed by atoms with Gasteiger partial charge in [0, 0.05) is 31.6 Å². The molecule has 2 rings (SSSR count). The van der Waals surface area contributed by atoms with Crippen LogP contribution in [-0.2, 0) is 14.3 Å². The van der Waals surface area contributed by atoms with E-state index in [2.05, 4.69) is 11.9 Å². The summed E-state index contributed by atoms with van der Waals surface area (Å²) in [7, 11) is 0. The van der Waals surface area contributed by atoms with E-state index in [0.29, 0.717) is 38.6 Å². The van der Waals surface area contributed by atoms with Gasteiger partial charge >= 0.3 is 6.09 Å². The first-order chi connectivity index (χ1) is 15.5. The van der Waals surface area contributed by atoms with Gasteiger partial charge in [-0.25, -0.2) is 9.18 Å². The molecule has 0 aliphatic carbocycles. The summed E-state index contributed by atoms with van der Waals surface area (Å²) < 4.78 is 29.1. The molecule has 1 aliphatic rings. The lowest BCUT2D eigenvalue weighted by atomic mass is 10.1. The van der Waals surface area contributed by atoms with Gasteiger partial charge in [-0.2, -0.15) is 0 Å². The Morgan fingerprint density at radius 1 is 1.22 bits per heavy atom. The van der Waals surface area contributed by atoms with Gasteiger partial charge in [-0.15, -0.1) is 0 Å². The number of carbonyl (C=O) groups is 2. The summed E-state index contributed by atoms with van der Waals surface area (Å²) in [6, 6.07) is 4.37. The van der Waals surface area contributed by atoms with Crippen molar-refractivity contribution in [1.82, 2.24) is 10.2 Å². The quantitative estimate of drug-likeness (QED) is 0.420. The molecule has 0 bridgehead atoms. The molecular weight excluding hydrogens is 415 g/mol. The Hall–Kier alpha value is -2.61. The number of ether oxygens (including phenoxy) is 3. The average Bonchev–Trinajstić information content (AvgIpc) is 3.30. The van der Waals surface area contributed by atoms with Gasteiger partial charge in [0.2, 0.25) is 5.91 Å². The van der Waals surface area contributed by atoms with Gasteiger partial charge in [-0.3, -0.25) is 4.79 Å². The lowest BCUT2D eigenvalue weighted by Gasteiger charge is -2.14. The van der Waals surface area contributed by atoms with Gasteiger partial charge in [0.1, 0.15) is 18.2 Å². The van der Waals surface area contributed by atoms with Crippen LogP contribution in [0.2, 0.25) is 0 Å². The van der Waals surface area contributed by atoms with Crippen LogP contribution in [0.5, 0.6) is 5.75 Å². The molecule has 182 valence electrons. The fraction of sp³-hybridized carbons (Fsp3) is 0.583. The van der Waals surface area contributed by atoms with Crippen LogP contribution >= 0.6 is 0 Å². The molecule has 1 heterocycles. The zero-order valence-electron chi connectivity index (χ0n) is 20.1. The highest BCUT2D eigenvalue weighted by Gasteiger charge is 2.25. The lowest BCUT2D eigenvalue weighted by Crippen LogP contribution is -2.31. The number of hydrogen-bond donors (Lipinski definition) is 1. The largest absolute Gasteiger partial charge is 0.491 e. The number of hydrogen-bond acceptors (Lipinski definition) is 5. The van der Waals surface area contributed by atoms with Crippen molar-refractivity contribution in [3.63, 3.8) is 0 Å². The van der Waals surface area contributed by atoms with E-state index in [-0.39, 0.29) is 30.9 Å². The molecule has 1 fully saturated rings. The third kappa shape index (κ3) is 11.7. The number of aryl methyl sites for hydroxylation is 1. The first kappa shape index (κ1) is 29.4. The third-order valence-corrected chi connectivity index (χ3v) is 4.37. The molecule has 1 aliphatic heterocycles. The summed E-state index contributed by atoms with van der Waals surface area (Å²) in [5.74, 6) is 0.197. The van der Waals surface area contributed by atoms with E-state index in [1.54, 1.807) is 11.0 Å². The molecule has 1 aromatic rings. The number of nitrogens with zero attached hydrogens (tertiary/aromatic N) is 1. The molecule has 1 unspecified atom stereocenters. The fourth-order valence-electron chi connectivity index (χ4n) is 2.81. The van der Waals surface area contributed by atoms with Gasteiger partial charge in [-0.05, 0) is 31.1 Å². The Morgan fingerprint density at radius 3 is 2.62 bits per heavy atom. The van der Waals surface area contributed by atoms with Crippen molar-refractivity contribution < 1.29 is 28.2 Å². The topological polar surface area (TPSA) is 77.1 Å². The second-order valence-electron chi connectivity index (χ2n) is 6.54. The molecule has 0 radical (unpaired) electrons. The van der Waals surface area contributed by atoms with Crippen molar-refractivity contribution in [3.8, 4) is 5.75 Å². The van der Waals surface area contributed by atoms with Gasteiger partial charge < -0.3 is 24.4 Å². The number of alkyl carbamates (subject to hydrolysis) is 1. The van der Waals surface area contributed by atoms with Crippen LogP contribution in [0.15, 0.2) is 30.9 Å². The van der Waals surface area contributed by atoms with Crippen LogP contribution in [0.25, 0.3) is 0 Å². The molecule has 0 aromatic heterocycles. The maximum absolute atomic E-state index is 13.1. The maximum atomic E-state index is 13.1. The Labute approximate surface area is 191 Å². The van der Waals surface area contributed by atoms with Crippen molar-refractivity contribution in [3.05, 3.63) is 42.2 Å². The minimum absolute atomic E-state index is 0.0966. The molecule has 32 heavy (non-hydrogen) atoms. The Bertz CT molecular complexity index is 684. The molecule has 0 saturated carbocycles. The number of halogens is 1. The van der Waals surface area contributed by atoms with Crippen molar-refractivity contribution in [1.29, 1.82) is 0 Å². The molecule has 1 N–H and O–H groups in total. The summed E-state index contributed by atoms with van der Waals surface area (Å²) in [5.41, 5.74) is 0.852. The summed E-state index contributed by atoms with van der Waals surface area (Å²) >= 11 is 0. The van der Waals surface area contributed by atoms with Crippen LogP contribution in [0.4, 0.5) is 9.18 Å². The first-order valence-corrected chi connectivity index (χ1v) is 11.3. The van der Waals surface area contributed by atoms with E-state index in [1.807, 2.05) is 34.6 Å². The van der Waals surface area contributed by atoms with Gasteiger partial charge in [0.05, 0.1) is 19.8 Å². The van der Waals surface area contributed by atoms with Crippen LogP contribution < -0.4 is 10.1 Å². The minimum atomic E-state index is -0.510. The average molecular weight is 455 g/mol. The predicted molar refractivity (Wildman–Crippen MR) is 124 cm³/mol. The van der Waals surface area contributed by atoms with E-state index in [4.69, 9.17) is 14.2 Å². The van der Waals surface area contributed by atoms with Gasteiger partial charge in [0.25, 0.3) is 0 Å². The van der Waals surface area contributed by atoms with Crippen molar-refractivity contribution in [2.75, 3.05) is 46.1 Å². The van der Waals surface area contributed by atoms with E-state index < -0.39 is 6.09 Å². The fourth-order valence-corrected chi connectivity index (χ4v) is 2.81. The maximum Gasteiger partial charge on any atom is 0.407 e. The highest BCUT2D eigenvalue weighted by atomic mass is 19.1. The van der Waals surface area contributed by atoms with E-state index in [9.17, 15) is 14.0 Å². The number of amides is 2. The monoisotopic (exact) mass is 454 g/mol. The summed E-state index contributed by atoms with van der Waals surface area (Å²) in [4.78, 5) is 24.9. The van der Waals surface area contributed by atoms with Crippen molar-refractivity contribution >= 4 is 12.0 Å². The normalized spacial score (nSPS) is 14.3. The SMILES string of the molecule is C=CC(=O)N1CCC(COC(=O)NCCOCCOc2cc(F)ccc2C)C1.CC.CC. The number of likely N-dealkylation sites (tertiary alicyclic amines) is 1. The van der Waals surface area contributed by atoms with Crippen LogP contribution in [0, 0.1) is 18.7 Å². The molecule has 7 nitrogen and oxygen atoms in total. The standard InChI is InChI=1S/C20H27FN2O5.2C2H6/c1-3-19(24)23-8-6-16(13-23)14-28-20(25)22-7-9-26-10-11-27-18-12-17(21)5-4-15(18)2;2*1-2/h3-5,12,16H,1,6-11,13-14H2,2H3,(H,22,25);2*1-2H3. The Kier molecular flexibility index (Phi) is 16.5. The molecule has 0 spiro atoms. The van der Waals surface area contributed by atoms with Crippen LogP contribution in [0.1, 0.15) is 39.7 Å². The number of benzene rings is 1. The highest BCUT2D eigenvalue weighted by molar-refractivity contribution is 5.87. The zero-order chi connectivity index (χ0) is 24.4. The lowest BCUT2D eigenvalue weighted by molar-refractivity contribution is -0.125. The summed E-state index contributed by atoms with van der Waals surface area (Å²) in [5, 5.41) is 2.60. The Balaban J connectivity index is 0.00000227. The van der Waals surface area contributed by atoms with Crippen LogP contribution in [-0.4, -0.2) is 63.0 Å². The second kappa shape index (κ2) is 18.0. The zero-order valence-corrected chi connectivity index (χ0v) is 20.1.